The van der Waals surface area contributed by atoms with Crippen molar-refractivity contribution in [1.29, 1.82) is 0 Å². The Labute approximate surface area is 142 Å². The molecule has 1 aromatic heterocycles. The summed E-state index contributed by atoms with van der Waals surface area (Å²) in [4.78, 5) is 7.42. The molecule has 2 aromatic rings. The second kappa shape index (κ2) is 6.32. The Hall–Kier alpha value is -1.87. The molecular formula is C20H22N2S. The van der Waals surface area contributed by atoms with E-state index in [2.05, 4.69) is 53.3 Å². The fraction of sp³-hybridized carbons (Fsp3) is 0.350. The highest BCUT2D eigenvalue weighted by Gasteiger charge is 2.31. The van der Waals surface area contributed by atoms with Crippen LogP contribution in [-0.2, 0) is 6.42 Å². The molecule has 3 heteroatoms. The zero-order valence-electron chi connectivity index (χ0n) is 13.4. The molecule has 2 nitrogen and oxygen atoms in total. The van der Waals surface area contributed by atoms with Gasteiger partial charge in [0.25, 0.3) is 0 Å². The van der Waals surface area contributed by atoms with Gasteiger partial charge in [0, 0.05) is 23.7 Å². The van der Waals surface area contributed by atoms with Crippen LogP contribution < -0.4 is 0 Å². The minimum Gasteiger partial charge on any atom is -0.329 e. The van der Waals surface area contributed by atoms with Gasteiger partial charge in [-0.15, -0.1) is 11.3 Å². The van der Waals surface area contributed by atoms with E-state index in [0.29, 0.717) is 5.92 Å². The van der Waals surface area contributed by atoms with Crippen molar-refractivity contribution in [3.8, 4) is 0 Å². The molecule has 4 rings (SSSR count). The molecule has 1 fully saturated rings. The molecule has 1 aliphatic heterocycles. The number of aliphatic imine (C=N–C) groups is 1. The lowest BCUT2D eigenvalue weighted by molar-refractivity contribution is 0.524. The van der Waals surface area contributed by atoms with Crippen LogP contribution >= 0.6 is 11.3 Å². The molecule has 1 aliphatic carbocycles. The first-order valence-electron chi connectivity index (χ1n) is 8.50. The quantitative estimate of drug-likeness (QED) is 0.726. The van der Waals surface area contributed by atoms with E-state index < -0.39 is 0 Å². The predicted octanol–water partition coefficient (Wildman–Crippen LogP) is 5.50. The number of amidine groups is 1. The van der Waals surface area contributed by atoms with Crippen LogP contribution in [0.3, 0.4) is 0 Å². The summed E-state index contributed by atoms with van der Waals surface area (Å²) in [6.07, 6.45) is 6.24. The molecule has 2 heterocycles. The lowest BCUT2D eigenvalue weighted by Crippen LogP contribution is -2.37. The van der Waals surface area contributed by atoms with Crippen molar-refractivity contribution in [2.75, 3.05) is 6.54 Å². The van der Waals surface area contributed by atoms with E-state index in [1.54, 1.807) is 11.3 Å². The molecule has 118 valence electrons. The Balaban J connectivity index is 1.61. The number of fused-ring (bicyclic) bond motifs is 1. The summed E-state index contributed by atoms with van der Waals surface area (Å²) in [7, 11) is 0. The smallest absolute Gasteiger partial charge is 0.127 e. The van der Waals surface area contributed by atoms with E-state index in [1.165, 1.54) is 42.6 Å². The minimum absolute atomic E-state index is 0.609. The SMILES string of the molecule is C=C1c2ccsc2N=C(C2CCCC2)N1CCc1ccccc1. The maximum atomic E-state index is 5.03. The summed E-state index contributed by atoms with van der Waals surface area (Å²) in [5.41, 5.74) is 3.72. The highest BCUT2D eigenvalue weighted by atomic mass is 32.1. The van der Waals surface area contributed by atoms with Gasteiger partial charge in [-0.3, -0.25) is 0 Å². The molecule has 0 saturated heterocycles. The highest BCUT2D eigenvalue weighted by Crippen LogP contribution is 2.41. The lowest BCUT2D eigenvalue weighted by Gasteiger charge is -2.34. The van der Waals surface area contributed by atoms with Crippen molar-refractivity contribution >= 4 is 27.9 Å². The Morgan fingerprint density at radius 1 is 1.13 bits per heavy atom. The fourth-order valence-corrected chi connectivity index (χ4v) is 4.48. The Kier molecular flexibility index (Phi) is 4.04. The summed E-state index contributed by atoms with van der Waals surface area (Å²) in [6, 6.07) is 12.9. The van der Waals surface area contributed by atoms with E-state index in [9.17, 15) is 0 Å². The average molecular weight is 322 g/mol. The van der Waals surface area contributed by atoms with Crippen LogP contribution in [0.1, 0.15) is 36.8 Å². The van der Waals surface area contributed by atoms with E-state index in [0.717, 1.165) is 23.7 Å². The molecule has 1 aromatic carbocycles. The minimum atomic E-state index is 0.609. The molecule has 0 bridgehead atoms. The third kappa shape index (κ3) is 2.86. The van der Waals surface area contributed by atoms with E-state index in [-0.39, 0.29) is 0 Å². The van der Waals surface area contributed by atoms with Crippen LogP contribution in [0.5, 0.6) is 0 Å². The Morgan fingerprint density at radius 3 is 2.70 bits per heavy atom. The van der Waals surface area contributed by atoms with Gasteiger partial charge in [-0.2, -0.15) is 0 Å². The molecule has 23 heavy (non-hydrogen) atoms. The van der Waals surface area contributed by atoms with Crippen LogP contribution in [-0.4, -0.2) is 17.3 Å². The molecule has 1 saturated carbocycles. The summed E-state index contributed by atoms with van der Waals surface area (Å²) >= 11 is 1.73. The van der Waals surface area contributed by atoms with Gasteiger partial charge in [-0.1, -0.05) is 49.8 Å². The average Bonchev–Trinajstić information content (AvgIpc) is 3.26. The molecular weight excluding hydrogens is 300 g/mol. The lowest BCUT2D eigenvalue weighted by atomic mass is 10.0. The maximum Gasteiger partial charge on any atom is 0.127 e. The van der Waals surface area contributed by atoms with Crippen molar-refractivity contribution in [3.05, 3.63) is 59.5 Å². The number of rotatable bonds is 4. The van der Waals surface area contributed by atoms with Gasteiger partial charge < -0.3 is 4.90 Å². The summed E-state index contributed by atoms with van der Waals surface area (Å²) in [5.74, 6) is 1.87. The van der Waals surface area contributed by atoms with E-state index in [4.69, 9.17) is 4.99 Å². The van der Waals surface area contributed by atoms with Crippen LogP contribution in [0.25, 0.3) is 5.70 Å². The second-order valence-corrected chi connectivity index (χ2v) is 7.32. The molecule has 0 spiro atoms. The third-order valence-corrected chi connectivity index (χ3v) is 5.77. The molecule has 0 atom stereocenters. The van der Waals surface area contributed by atoms with Crippen LogP contribution in [0.4, 0.5) is 5.00 Å². The van der Waals surface area contributed by atoms with Crippen LogP contribution in [0.2, 0.25) is 0 Å². The first-order chi connectivity index (χ1) is 11.3. The number of hydrogen-bond donors (Lipinski definition) is 0. The zero-order valence-corrected chi connectivity index (χ0v) is 14.2. The van der Waals surface area contributed by atoms with Gasteiger partial charge in [0.05, 0.1) is 0 Å². The number of nitrogens with zero attached hydrogens (tertiary/aromatic N) is 2. The maximum absolute atomic E-state index is 5.03. The monoisotopic (exact) mass is 322 g/mol. The van der Waals surface area contributed by atoms with Crippen molar-refractivity contribution in [2.45, 2.75) is 32.1 Å². The van der Waals surface area contributed by atoms with Gasteiger partial charge in [-0.05, 0) is 36.3 Å². The van der Waals surface area contributed by atoms with Gasteiger partial charge >= 0.3 is 0 Å². The number of hydrogen-bond acceptors (Lipinski definition) is 3. The Morgan fingerprint density at radius 2 is 1.91 bits per heavy atom. The standard InChI is InChI=1S/C20H22N2S/c1-15-18-12-14-23-20(18)21-19(17-9-5-6-10-17)22(15)13-11-16-7-3-2-4-8-16/h2-4,7-8,12,14,17H,1,5-6,9-11,13H2. The van der Waals surface area contributed by atoms with E-state index in [1.807, 2.05) is 0 Å². The first-order valence-corrected chi connectivity index (χ1v) is 9.38. The summed E-state index contributed by atoms with van der Waals surface area (Å²) in [6.45, 7) is 5.36. The van der Waals surface area contributed by atoms with Crippen molar-refractivity contribution in [3.63, 3.8) is 0 Å². The molecule has 0 radical (unpaired) electrons. The predicted molar refractivity (Wildman–Crippen MR) is 99.3 cm³/mol. The molecule has 0 unspecified atom stereocenters. The van der Waals surface area contributed by atoms with Gasteiger partial charge in [0.1, 0.15) is 10.8 Å². The third-order valence-electron chi connectivity index (χ3n) is 4.96. The Bertz CT molecular complexity index is 723. The number of benzene rings is 1. The van der Waals surface area contributed by atoms with Gasteiger partial charge in [-0.25, -0.2) is 4.99 Å². The van der Waals surface area contributed by atoms with Gasteiger partial charge in [0.2, 0.25) is 0 Å². The normalized spacial score (nSPS) is 18.2. The summed E-state index contributed by atoms with van der Waals surface area (Å²) in [5, 5.41) is 3.28. The topological polar surface area (TPSA) is 15.6 Å². The first kappa shape index (κ1) is 14.7. The number of thiophene rings is 1. The molecule has 2 aliphatic rings. The summed E-state index contributed by atoms with van der Waals surface area (Å²) < 4.78 is 0. The van der Waals surface area contributed by atoms with Crippen LogP contribution in [0.15, 0.2) is 53.3 Å². The second-order valence-electron chi connectivity index (χ2n) is 6.42. The zero-order chi connectivity index (χ0) is 15.6. The highest BCUT2D eigenvalue weighted by molar-refractivity contribution is 7.14. The van der Waals surface area contributed by atoms with E-state index >= 15 is 0 Å². The van der Waals surface area contributed by atoms with Crippen LogP contribution in [0, 0.1) is 5.92 Å². The van der Waals surface area contributed by atoms with Gasteiger partial charge in [0.15, 0.2) is 0 Å². The van der Waals surface area contributed by atoms with Crippen molar-refractivity contribution in [2.24, 2.45) is 10.9 Å². The van der Waals surface area contributed by atoms with Crippen molar-refractivity contribution in [1.82, 2.24) is 4.90 Å². The molecule has 0 N–H and O–H groups in total. The van der Waals surface area contributed by atoms with Crippen molar-refractivity contribution < 1.29 is 0 Å². The largest absolute Gasteiger partial charge is 0.329 e. The molecule has 0 amide bonds. The fourth-order valence-electron chi connectivity index (χ4n) is 3.69.